The third kappa shape index (κ3) is 3.05. The zero-order valence-corrected chi connectivity index (χ0v) is 15.0. The van der Waals surface area contributed by atoms with Crippen molar-refractivity contribution in [2.24, 2.45) is 0 Å². The average molecular weight is 362 g/mol. The molecule has 3 heterocycles. The lowest BCUT2D eigenvalue weighted by atomic mass is 10.2. The summed E-state index contributed by atoms with van der Waals surface area (Å²) >= 11 is 0. The van der Waals surface area contributed by atoms with Crippen LogP contribution in [-0.4, -0.2) is 36.3 Å². The van der Waals surface area contributed by atoms with Gasteiger partial charge >= 0.3 is 0 Å². The minimum absolute atomic E-state index is 0.264. The summed E-state index contributed by atoms with van der Waals surface area (Å²) in [6.45, 7) is 4.42. The zero-order valence-electron chi connectivity index (χ0n) is 15.0. The van der Waals surface area contributed by atoms with Gasteiger partial charge < -0.3 is 9.72 Å². The molecule has 0 fully saturated rings. The van der Waals surface area contributed by atoms with Gasteiger partial charge in [-0.3, -0.25) is 4.79 Å². The molecule has 4 rings (SSSR count). The van der Waals surface area contributed by atoms with Crippen LogP contribution in [0.25, 0.3) is 28.4 Å². The molecular formula is C19H18N6O2. The quantitative estimate of drug-likeness (QED) is 0.586. The fraction of sp³-hybridized carbons (Fsp3) is 0.211. The Hall–Kier alpha value is -3.55. The van der Waals surface area contributed by atoms with Gasteiger partial charge in [-0.25, -0.2) is 19.6 Å². The molecule has 0 unspecified atom stereocenters. The van der Waals surface area contributed by atoms with Crippen LogP contribution in [0.1, 0.15) is 19.0 Å². The maximum Gasteiger partial charge on any atom is 0.262 e. The van der Waals surface area contributed by atoms with Crippen LogP contribution in [0, 0.1) is 6.92 Å². The molecule has 0 bridgehead atoms. The molecule has 0 saturated heterocycles. The standard InChI is InChI=1S/C19H18N6O2/c1-3-11-27-14-8-5-4-7-13(14)16-22-17-15(18(26)23-16)12(2)25(24-17)19-20-9-6-10-21-19/h4-10H,3,11H2,1-2H3,(H,22,23,24,26). The third-order valence-corrected chi connectivity index (χ3v) is 4.12. The van der Waals surface area contributed by atoms with Gasteiger partial charge in [-0.15, -0.1) is 5.10 Å². The number of rotatable bonds is 5. The van der Waals surface area contributed by atoms with E-state index >= 15 is 0 Å². The fourth-order valence-corrected chi connectivity index (χ4v) is 2.86. The van der Waals surface area contributed by atoms with Crippen LogP contribution in [0.5, 0.6) is 5.75 Å². The first-order valence-electron chi connectivity index (χ1n) is 8.68. The molecule has 3 aromatic heterocycles. The molecule has 0 aliphatic rings. The Bertz CT molecular complexity index is 1150. The summed E-state index contributed by atoms with van der Waals surface area (Å²) in [5, 5.41) is 4.86. The Labute approximate surface area is 154 Å². The number of fused-ring (bicyclic) bond motifs is 1. The normalized spacial score (nSPS) is 11.0. The Morgan fingerprint density at radius 1 is 1.15 bits per heavy atom. The van der Waals surface area contributed by atoms with E-state index in [2.05, 4.69) is 25.0 Å². The van der Waals surface area contributed by atoms with Crippen LogP contribution in [0.2, 0.25) is 0 Å². The molecule has 0 saturated carbocycles. The highest BCUT2D eigenvalue weighted by molar-refractivity contribution is 5.79. The molecule has 0 radical (unpaired) electrons. The number of para-hydroxylation sites is 1. The maximum absolute atomic E-state index is 12.7. The van der Waals surface area contributed by atoms with E-state index in [1.807, 2.05) is 31.2 Å². The summed E-state index contributed by atoms with van der Waals surface area (Å²) in [4.78, 5) is 28.5. The summed E-state index contributed by atoms with van der Waals surface area (Å²) in [6, 6.07) is 9.20. The highest BCUT2D eigenvalue weighted by atomic mass is 16.5. The molecule has 1 N–H and O–H groups in total. The van der Waals surface area contributed by atoms with Crippen LogP contribution in [0.15, 0.2) is 47.5 Å². The number of aromatic nitrogens is 6. The number of benzene rings is 1. The van der Waals surface area contributed by atoms with Crippen molar-refractivity contribution in [3.8, 4) is 23.1 Å². The number of hydrogen-bond acceptors (Lipinski definition) is 6. The predicted octanol–water partition coefficient (Wildman–Crippen LogP) is 2.66. The number of nitrogens with zero attached hydrogens (tertiary/aromatic N) is 5. The first-order chi connectivity index (χ1) is 13.2. The van der Waals surface area contributed by atoms with Gasteiger partial charge in [0.15, 0.2) is 5.65 Å². The molecule has 8 heteroatoms. The second-order valence-electron chi connectivity index (χ2n) is 6.00. The monoisotopic (exact) mass is 362 g/mol. The van der Waals surface area contributed by atoms with Crippen molar-refractivity contribution in [2.75, 3.05) is 6.61 Å². The topological polar surface area (TPSA) is 98.6 Å². The number of aryl methyl sites for hydroxylation is 1. The summed E-state index contributed by atoms with van der Waals surface area (Å²) in [5.74, 6) is 1.47. The van der Waals surface area contributed by atoms with Gasteiger partial charge in [-0.05, 0) is 31.5 Å². The third-order valence-electron chi connectivity index (χ3n) is 4.12. The van der Waals surface area contributed by atoms with Crippen molar-refractivity contribution in [2.45, 2.75) is 20.3 Å². The van der Waals surface area contributed by atoms with Gasteiger partial charge in [-0.1, -0.05) is 19.1 Å². The first-order valence-corrected chi connectivity index (χ1v) is 8.68. The predicted molar refractivity (Wildman–Crippen MR) is 101 cm³/mol. The van der Waals surface area contributed by atoms with Gasteiger partial charge in [0.25, 0.3) is 11.5 Å². The minimum atomic E-state index is -0.264. The van der Waals surface area contributed by atoms with E-state index < -0.39 is 0 Å². The van der Waals surface area contributed by atoms with Crippen LogP contribution in [0.3, 0.4) is 0 Å². The van der Waals surface area contributed by atoms with Crippen molar-refractivity contribution >= 4 is 11.0 Å². The van der Waals surface area contributed by atoms with E-state index in [4.69, 9.17) is 4.74 Å². The van der Waals surface area contributed by atoms with Gasteiger partial charge in [0, 0.05) is 12.4 Å². The first kappa shape index (κ1) is 16.9. The summed E-state index contributed by atoms with van der Waals surface area (Å²) in [7, 11) is 0. The number of H-pyrrole nitrogens is 1. The molecule has 0 atom stereocenters. The highest BCUT2D eigenvalue weighted by Crippen LogP contribution is 2.27. The van der Waals surface area contributed by atoms with Gasteiger partial charge in [0.2, 0.25) is 0 Å². The summed E-state index contributed by atoms with van der Waals surface area (Å²) in [5.41, 5.74) is 1.42. The number of hydrogen-bond donors (Lipinski definition) is 1. The van der Waals surface area contributed by atoms with Crippen LogP contribution in [0.4, 0.5) is 0 Å². The van der Waals surface area contributed by atoms with Gasteiger partial charge in [0.1, 0.15) is 17.0 Å². The second-order valence-corrected chi connectivity index (χ2v) is 6.00. The summed E-state index contributed by atoms with van der Waals surface area (Å²) in [6.07, 6.45) is 4.13. The largest absolute Gasteiger partial charge is 0.493 e. The minimum Gasteiger partial charge on any atom is -0.493 e. The fourth-order valence-electron chi connectivity index (χ4n) is 2.86. The number of aromatic amines is 1. The van der Waals surface area contributed by atoms with E-state index in [1.165, 1.54) is 4.68 Å². The number of ether oxygens (including phenoxy) is 1. The van der Waals surface area contributed by atoms with E-state index in [0.717, 1.165) is 6.42 Å². The molecule has 0 aliphatic carbocycles. The molecule has 8 nitrogen and oxygen atoms in total. The van der Waals surface area contributed by atoms with Crippen molar-refractivity contribution in [3.05, 3.63) is 58.8 Å². The van der Waals surface area contributed by atoms with Crippen molar-refractivity contribution in [3.63, 3.8) is 0 Å². The zero-order chi connectivity index (χ0) is 18.8. The van der Waals surface area contributed by atoms with Crippen LogP contribution >= 0.6 is 0 Å². The number of nitrogens with one attached hydrogen (secondary N) is 1. The van der Waals surface area contributed by atoms with Crippen LogP contribution in [-0.2, 0) is 0 Å². The molecule has 0 amide bonds. The Kier molecular flexibility index (Phi) is 4.37. The van der Waals surface area contributed by atoms with Crippen molar-refractivity contribution in [1.82, 2.24) is 29.7 Å². The lowest BCUT2D eigenvalue weighted by molar-refractivity contribution is 0.318. The smallest absolute Gasteiger partial charge is 0.262 e. The molecular weight excluding hydrogens is 344 g/mol. The molecule has 136 valence electrons. The molecule has 27 heavy (non-hydrogen) atoms. The van der Waals surface area contributed by atoms with E-state index in [-0.39, 0.29) is 5.56 Å². The van der Waals surface area contributed by atoms with Crippen molar-refractivity contribution in [1.29, 1.82) is 0 Å². The Balaban J connectivity index is 1.87. The van der Waals surface area contributed by atoms with E-state index in [1.54, 1.807) is 25.4 Å². The Morgan fingerprint density at radius 3 is 2.70 bits per heavy atom. The molecule has 0 spiro atoms. The molecule has 4 aromatic rings. The van der Waals surface area contributed by atoms with E-state index in [9.17, 15) is 4.79 Å². The average Bonchev–Trinajstić information content (AvgIpc) is 3.04. The maximum atomic E-state index is 12.7. The lowest BCUT2D eigenvalue weighted by Gasteiger charge is -2.09. The van der Waals surface area contributed by atoms with Gasteiger partial charge in [0.05, 0.1) is 17.9 Å². The highest BCUT2D eigenvalue weighted by Gasteiger charge is 2.18. The van der Waals surface area contributed by atoms with Crippen molar-refractivity contribution < 1.29 is 4.74 Å². The molecule has 1 aromatic carbocycles. The van der Waals surface area contributed by atoms with E-state index in [0.29, 0.717) is 46.4 Å². The lowest BCUT2D eigenvalue weighted by Crippen LogP contribution is -2.10. The second kappa shape index (κ2) is 6.99. The SMILES string of the molecule is CCCOc1ccccc1-c1nc2nn(-c3ncccn3)c(C)c2c(=O)[nH]1. The van der Waals surface area contributed by atoms with Crippen LogP contribution < -0.4 is 10.3 Å². The summed E-state index contributed by atoms with van der Waals surface area (Å²) < 4.78 is 7.31. The van der Waals surface area contributed by atoms with Gasteiger partial charge in [-0.2, -0.15) is 0 Å². The molecule has 0 aliphatic heterocycles. The Morgan fingerprint density at radius 2 is 1.93 bits per heavy atom.